The van der Waals surface area contributed by atoms with Gasteiger partial charge in [-0.15, -0.1) is 0 Å². The molecule has 0 aromatic carbocycles. The van der Waals surface area contributed by atoms with E-state index in [0.717, 1.165) is 57.8 Å². The lowest BCUT2D eigenvalue weighted by Crippen LogP contribution is -2.55. The molecular formula is C38H61NO7. The van der Waals surface area contributed by atoms with Crippen molar-refractivity contribution >= 4 is 17.9 Å². The van der Waals surface area contributed by atoms with Gasteiger partial charge in [0.15, 0.2) is 6.10 Å². The predicted molar refractivity (Wildman–Crippen MR) is 185 cm³/mol. The summed E-state index contributed by atoms with van der Waals surface area (Å²) in [7, 11) is 5.35. The Bertz CT molecular complexity index is 985. The Hall–Kier alpha value is -3.23. The number of hydrogen-bond acceptors (Lipinski definition) is 7. The van der Waals surface area contributed by atoms with Gasteiger partial charge in [0.05, 0.1) is 40.3 Å². The molecule has 0 aliphatic carbocycles. The maximum Gasteiger partial charge on any atom is 0.306 e. The quantitative estimate of drug-likeness (QED) is 0.0306. The van der Waals surface area contributed by atoms with E-state index in [9.17, 15) is 19.5 Å². The van der Waals surface area contributed by atoms with Crippen LogP contribution in [-0.2, 0) is 28.6 Å². The van der Waals surface area contributed by atoms with Crippen molar-refractivity contribution in [3.05, 3.63) is 72.9 Å². The number of esters is 2. The molecule has 0 rings (SSSR count). The topological polar surface area (TPSA) is 102 Å². The van der Waals surface area contributed by atoms with Gasteiger partial charge in [-0.05, 0) is 57.8 Å². The van der Waals surface area contributed by atoms with Gasteiger partial charge in [0.1, 0.15) is 12.6 Å². The number of quaternary nitrogens is 1. The van der Waals surface area contributed by atoms with Crippen LogP contribution in [0.5, 0.6) is 0 Å². The molecule has 260 valence electrons. The van der Waals surface area contributed by atoms with Crippen LogP contribution in [0.15, 0.2) is 72.9 Å². The molecule has 0 radical (unpaired) electrons. The molecule has 0 heterocycles. The van der Waals surface area contributed by atoms with Crippen molar-refractivity contribution in [2.45, 2.75) is 109 Å². The number of carboxylic acids is 1. The summed E-state index contributed by atoms with van der Waals surface area (Å²) in [6.07, 6.45) is 33.8. The van der Waals surface area contributed by atoms with Gasteiger partial charge in [0.2, 0.25) is 0 Å². The number of likely N-dealkylation sites (N-methyl/N-ethyl adjacent to an activating group) is 1. The minimum Gasteiger partial charge on any atom is -0.544 e. The number of allylic oxidation sites excluding steroid dienone is 12. The molecule has 8 nitrogen and oxygen atoms in total. The van der Waals surface area contributed by atoms with Crippen LogP contribution in [0.4, 0.5) is 0 Å². The van der Waals surface area contributed by atoms with Gasteiger partial charge in [-0.3, -0.25) is 9.59 Å². The first-order valence-electron chi connectivity index (χ1n) is 17.0. The largest absolute Gasteiger partial charge is 0.544 e. The number of unbranched alkanes of at least 4 members (excludes halogenated alkanes) is 5. The van der Waals surface area contributed by atoms with Crippen LogP contribution < -0.4 is 5.11 Å². The number of rotatable bonds is 28. The fourth-order valence-corrected chi connectivity index (χ4v) is 4.29. The van der Waals surface area contributed by atoms with Crippen LogP contribution in [-0.4, -0.2) is 75.5 Å². The fraction of sp³-hybridized carbons (Fsp3) is 0.605. The van der Waals surface area contributed by atoms with Crippen LogP contribution in [0.2, 0.25) is 0 Å². The Morgan fingerprint density at radius 1 is 0.674 bits per heavy atom. The van der Waals surface area contributed by atoms with E-state index in [0.29, 0.717) is 12.8 Å². The van der Waals surface area contributed by atoms with E-state index >= 15 is 0 Å². The van der Waals surface area contributed by atoms with Crippen molar-refractivity contribution in [3.8, 4) is 0 Å². The van der Waals surface area contributed by atoms with E-state index in [2.05, 4.69) is 50.3 Å². The average molecular weight is 644 g/mol. The minimum atomic E-state index is -1.14. The van der Waals surface area contributed by atoms with Crippen molar-refractivity contribution < 1.29 is 38.2 Å². The lowest BCUT2D eigenvalue weighted by Gasteiger charge is -2.34. The normalized spacial score (nSPS) is 14.0. The van der Waals surface area contributed by atoms with Crippen LogP contribution in [0.1, 0.15) is 97.3 Å². The van der Waals surface area contributed by atoms with Crippen LogP contribution in [0, 0.1) is 0 Å². The third-order valence-electron chi connectivity index (χ3n) is 6.93. The Morgan fingerprint density at radius 2 is 1.26 bits per heavy atom. The maximum atomic E-state index is 12.5. The highest BCUT2D eigenvalue weighted by molar-refractivity contribution is 5.70. The maximum absolute atomic E-state index is 12.5. The second kappa shape index (κ2) is 29.2. The molecule has 0 aromatic heterocycles. The summed E-state index contributed by atoms with van der Waals surface area (Å²) < 4.78 is 16.9. The van der Waals surface area contributed by atoms with Gasteiger partial charge in [0.25, 0.3) is 0 Å². The SMILES string of the molecule is CC/C=C/C=C/C=C/C=C/CCCCCC(=O)OCC(COCCC(C(=O)[O-])[N+](C)(C)C)OC(=O)CCCC/C=C/C/C=C/CC. The molecule has 0 amide bonds. The van der Waals surface area contributed by atoms with Gasteiger partial charge in [0, 0.05) is 19.3 Å². The van der Waals surface area contributed by atoms with Crippen molar-refractivity contribution in [1.29, 1.82) is 0 Å². The highest BCUT2D eigenvalue weighted by Gasteiger charge is 2.25. The molecule has 2 unspecified atom stereocenters. The van der Waals surface area contributed by atoms with E-state index in [4.69, 9.17) is 14.2 Å². The molecule has 0 saturated heterocycles. The Labute approximate surface area is 279 Å². The smallest absolute Gasteiger partial charge is 0.306 e. The third-order valence-corrected chi connectivity index (χ3v) is 6.93. The van der Waals surface area contributed by atoms with Crippen molar-refractivity contribution in [2.24, 2.45) is 0 Å². The molecular weight excluding hydrogens is 582 g/mol. The van der Waals surface area contributed by atoms with Gasteiger partial charge in [-0.25, -0.2) is 0 Å². The van der Waals surface area contributed by atoms with E-state index < -0.39 is 18.1 Å². The second-order valence-electron chi connectivity index (χ2n) is 12.1. The van der Waals surface area contributed by atoms with Crippen molar-refractivity contribution in [3.63, 3.8) is 0 Å². The average Bonchev–Trinajstić information content (AvgIpc) is 3.00. The lowest BCUT2D eigenvalue weighted by molar-refractivity contribution is -0.889. The number of hydrogen-bond donors (Lipinski definition) is 0. The van der Waals surface area contributed by atoms with Crippen LogP contribution in [0.25, 0.3) is 0 Å². The molecule has 0 aromatic rings. The van der Waals surface area contributed by atoms with Crippen molar-refractivity contribution in [1.82, 2.24) is 0 Å². The van der Waals surface area contributed by atoms with Crippen LogP contribution >= 0.6 is 0 Å². The number of carbonyl (C=O) groups excluding carboxylic acids is 3. The standard InChI is InChI=1S/C38H61NO7/c1-6-8-10-12-14-16-17-18-19-21-22-24-26-28-36(40)45-33-34(32-44-31-30-35(38(42)43)39(3,4)5)46-37(41)29-27-25-23-20-15-13-11-9-7-2/h8-12,14-20,34-35H,6-7,13,21-33H2,1-5H3/b10-8+,11-9+,14-12+,17-16+,19-18+,20-15+. The molecule has 0 bridgehead atoms. The summed E-state index contributed by atoms with van der Waals surface area (Å²) in [5, 5.41) is 11.5. The number of nitrogens with zero attached hydrogens (tertiary/aromatic N) is 1. The Morgan fingerprint density at radius 3 is 1.93 bits per heavy atom. The molecule has 2 atom stereocenters. The zero-order valence-electron chi connectivity index (χ0n) is 29.2. The highest BCUT2D eigenvalue weighted by Crippen LogP contribution is 2.10. The fourth-order valence-electron chi connectivity index (χ4n) is 4.29. The Kier molecular flexibility index (Phi) is 27.1. The second-order valence-corrected chi connectivity index (χ2v) is 12.1. The molecule has 0 aliphatic rings. The number of aliphatic carboxylic acids is 1. The predicted octanol–water partition coefficient (Wildman–Crippen LogP) is 6.73. The third kappa shape index (κ3) is 27.1. The monoisotopic (exact) mass is 643 g/mol. The zero-order valence-corrected chi connectivity index (χ0v) is 29.2. The summed E-state index contributed by atoms with van der Waals surface area (Å²) in [5.74, 6) is -1.85. The van der Waals surface area contributed by atoms with Gasteiger partial charge in [-0.2, -0.15) is 0 Å². The first-order valence-corrected chi connectivity index (χ1v) is 17.0. The zero-order chi connectivity index (χ0) is 34.3. The van der Waals surface area contributed by atoms with E-state index in [1.807, 2.05) is 36.5 Å². The summed E-state index contributed by atoms with van der Waals surface area (Å²) in [5.41, 5.74) is 0. The molecule has 0 spiro atoms. The molecule has 0 aliphatic heterocycles. The summed E-state index contributed by atoms with van der Waals surface area (Å²) in [6.45, 7) is 4.26. The Balaban J connectivity index is 4.60. The minimum absolute atomic E-state index is 0.00988. The van der Waals surface area contributed by atoms with E-state index in [1.165, 1.54) is 0 Å². The number of carbonyl (C=O) groups is 3. The first kappa shape index (κ1) is 42.8. The highest BCUT2D eigenvalue weighted by atomic mass is 16.6. The van der Waals surface area contributed by atoms with Gasteiger partial charge in [-0.1, -0.05) is 93.2 Å². The van der Waals surface area contributed by atoms with Gasteiger partial charge < -0.3 is 28.6 Å². The van der Waals surface area contributed by atoms with Gasteiger partial charge >= 0.3 is 11.9 Å². The lowest BCUT2D eigenvalue weighted by atomic mass is 10.1. The summed E-state index contributed by atoms with van der Waals surface area (Å²) >= 11 is 0. The summed E-state index contributed by atoms with van der Waals surface area (Å²) in [4.78, 5) is 36.4. The summed E-state index contributed by atoms with van der Waals surface area (Å²) in [6, 6.07) is -0.738. The van der Waals surface area contributed by atoms with Crippen molar-refractivity contribution in [2.75, 3.05) is 41.0 Å². The number of ether oxygens (including phenoxy) is 3. The molecule has 46 heavy (non-hydrogen) atoms. The van der Waals surface area contributed by atoms with E-state index in [-0.39, 0.29) is 49.1 Å². The molecule has 8 heteroatoms. The molecule has 0 fully saturated rings. The number of carboxylic acid groups (broad SMARTS) is 1. The molecule has 0 N–H and O–H groups in total. The van der Waals surface area contributed by atoms with Crippen LogP contribution in [0.3, 0.4) is 0 Å². The van der Waals surface area contributed by atoms with E-state index in [1.54, 1.807) is 21.1 Å². The first-order chi connectivity index (χ1) is 22.1. The molecule has 0 saturated carbocycles.